The summed E-state index contributed by atoms with van der Waals surface area (Å²) in [5, 5.41) is 9.66. The molecule has 1 N–H and O–H groups in total. The molecule has 0 aliphatic heterocycles. The van der Waals surface area contributed by atoms with E-state index in [0.29, 0.717) is 5.75 Å². The van der Waals surface area contributed by atoms with E-state index in [2.05, 4.69) is 44.2 Å². The first-order valence-electron chi connectivity index (χ1n) is 6.15. The summed E-state index contributed by atoms with van der Waals surface area (Å²) in [6.07, 6.45) is 1.92. The van der Waals surface area contributed by atoms with Gasteiger partial charge in [0, 0.05) is 0 Å². The van der Waals surface area contributed by atoms with Crippen LogP contribution in [0.2, 0.25) is 0 Å². The molecule has 0 saturated heterocycles. The summed E-state index contributed by atoms with van der Waals surface area (Å²) in [5.74, 6) is 0.390. The van der Waals surface area contributed by atoms with E-state index in [4.69, 9.17) is 0 Å². The Morgan fingerprint density at radius 2 is 1.47 bits per heavy atom. The van der Waals surface area contributed by atoms with Gasteiger partial charge in [-0.15, -0.1) is 0 Å². The van der Waals surface area contributed by atoms with Crippen molar-refractivity contribution in [3.05, 3.63) is 53.6 Å². The normalized spacial score (nSPS) is 10.5. The zero-order chi connectivity index (χ0) is 12.3. The van der Waals surface area contributed by atoms with Gasteiger partial charge in [0.15, 0.2) is 0 Å². The van der Waals surface area contributed by atoms with E-state index < -0.39 is 0 Å². The molecular formula is C16H18O. The number of phenolic OH excluding ortho intramolecular Hbond substituents is 1. The monoisotopic (exact) mass is 226 g/mol. The van der Waals surface area contributed by atoms with Crippen LogP contribution in [0.1, 0.15) is 25.0 Å². The van der Waals surface area contributed by atoms with Crippen molar-refractivity contribution in [3.8, 4) is 16.9 Å². The fourth-order valence-electron chi connectivity index (χ4n) is 1.98. The second-order valence-electron chi connectivity index (χ2n) is 4.25. The highest BCUT2D eigenvalue weighted by Crippen LogP contribution is 2.26. The van der Waals surface area contributed by atoms with E-state index in [9.17, 15) is 5.11 Å². The summed E-state index contributed by atoms with van der Waals surface area (Å²) in [6.45, 7) is 4.21. The van der Waals surface area contributed by atoms with Crippen molar-refractivity contribution >= 4 is 0 Å². The summed E-state index contributed by atoms with van der Waals surface area (Å²) in [6, 6.07) is 14.4. The predicted octanol–water partition coefficient (Wildman–Crippen LogP) is 4.18. The van der Waals surface area contributed by atoms with E-state index in [1.54, 1.807) is 6.07 Å². The molecule has 0 saturated carbocycles. The Kier molecular flexibility index (Phi) is 3.48. The molecule has 1 nitrogen and oxygen atoms in total. The largest absolute Gasteiger partial charge is 0.508 e. The first-order valence-corrected chi connectivity index (χ1v) is 6.15. The zero-order valence-electron chi connectivity index (χ0n) is 10.4. The minimum absolute atomic E-state index is 0.390. The quantitative estimate of drug-likeness (QED) is 0.832. The van der Waals surface area contributed by atoms with Crippen LogP contribution in [0.4, 0.5) is 0 Å². The molecule has 0 heterocycles. The first kappa shape index (κ1) is 11.7. The van der Waals surface area contributed by atoms with Gasteiger partial charge in [0.25, 0.3) is 0 Å². The van der Waals surface area contributed by atoms with Crippen LogP contribution in [0.5, 0.6) is 5.75 Å². The molecular weight excluding hydrogens is 208 g/mol. The molecule has 1 heteroatoms. The smallest absolute Gasteiger partial charge is 0.118 e. The lowest BCUT2D eigenvalue weighted by molar-refractivity contribution is 0.469. The van der Waals surface area contributed by atoms with E-state index in [1.165, 1.54) is 16.7 Å². The molecule has 0 spiro atoms. The number of aryl methyl sites for hydroxylation is 2. The van der Waals surface area contributed by atoms with Crippen molar-refractivity contribution in [1.82, 2.24) is 0 Å². The molecule has 0 atom stereocenters. The Bertz CT molecular complexity index is 497. The molecule has 0 unspecified atom stereocenters. The van der Waals surface area contributed by atoms with Crippen LogP contribution in [0.3, 0.4) is 0 Å². The summed E-state index contributed by atoms with van der Waals surface area (Å²) in [7, 11) is 0. The third kappa shape index (κ3) is 2.50. The molecule has 0 aliphatic rings. The average molecular weight is 226 g/mol. The van der Waals surface area contributed by atoms with Gasteiger partial charge in [0.05, 0.1) is 0 Å². The van der Waals surface area contributed by atoms with Gasteiger partial charge in [-0.1, -0.05) is 44.2 Å². The molecule has 2 aromatic rings. The maximum Gasteiger partial charge on any atom is 0.118 e. The molecule has 0 radical (unpaired) electrons. The highest BCUT2D eigenvalue weighted by Gasteiger charge is 2.02. The Morgan fingerprint density at radius 1 is 0.824 bits per heavy atom. The van der Waals surface area contributed by atoms with Crippen LogP contribution in [0, 0.1) is 0 Å². The fraction of sp³-hybridized carbons (Fsp3) is 0.250. The van der Waals surface area contributed by atoms with Gasteiger partial charge in [0.2, 0.25) is 0 Å². The molecule has 0 aromatic heterocycles. The minimum atomic E-state index is 0.390. The van der Waals surface area contributed by atoms with Crippen molar-refractivity contribution in [2.75, 3.05) is 0 Å². The van der Waals surface area contributed by atoms with Crippen LogP contribution >= 0.6 is 0 Å². The number of hydrogen-bond donors (Lipinski definition) is 1. The van der Waals surface area contributed by atoms with Gasteiger partial charge < -0.3 is 5.11 Å². The maximum absolute atomic E-state index is 9.66. The number of phenols is 1. The van der Waals surface area contributed by atoms with Gasteiger partial charge in [0.1, 0.15) is 5.75 Å². The van der Waals surface area contributed by atoms with E-state index >= 15 is 0 Å². The van der Waals surface area contributed by atoms with Gasteiger partial charge in [-0.2, -0.15) is 0 Å². The second-order valence-corrected chi connectivity index (χ2v) is 4.25. The molecule has 2 aromatic carbocycles. The van der Waals surface area contributed by atoms with E-state index in [0.717, 1.165) is 18.4 Å². The standard InChI is InChI=1S/C16H18O/c1-3-12-5-7-14(8-6-12)15-9-10-16(17)13(4-2)11-15/h5-11,17H,3-4H2,1-2H3. The Labute approximate surface area is 103 Å². The fourth-order valence-corrected chi connectivity index (χ4v) is 1.98. The molecule has 2 rings (SSSR count). The number of benzene rings is 2. The Balaban J connectivity index is 2.38. The van der Waals surface area contributed by atoms with Crippen molar-refractivity contribution in [2.45, 2.75) is 26.7 Å². The van der Waals surface area contributed by atoms with Crippen LogP contribution < -0.4 is 0 Å². The number of rotatable bonds is 3. The third-order valence-electron chi connectivity index (χ3n) is 3.16. The van der Waals surface area contributed by atoms with Crippen molar-refractivity contribution in [1.29, 1.82) is 0 Å². The summed E-state index contributed by atoms with van der Waals surface area (Å²) in [4.78, 5) is 0. The summed E-state index contributed by atoms with van der Waals surface area (Å²) < 4.78 is 0. The lowest BCUT2D eigenvalue weighted by atomic mass is 10.00. The summed E-state index contributed by atoms with van der Waals surface area (Å²) >= 11 is 0. The molecule has 88 valence electrons. The molecule has 0 amide bonds. The minimum Gasteiger partial charge on any atom is -0.508 e. The highest BCUT2D eigenvalue weighted by molar-refractivity contribution is 5.65. The zero-order valence-corrected chi connectivity index (χ0v) is 10.4. The van der Waals surface area contributed by atoms with Crippen molar-refractivity contribution in [3.63, 3.8) is 0 Å². The third-order valence-corrected chi connectivity index (χ3v) is 3.16. The molecule has 0 fully saturated rings. The van der Waals surface area contributed by atoms with Gasteiger partial charge >= 0.3 is 0 Å². The Morgan fingerprint density at radius 3 is 2.06 bits per heavy atom. The SMILES string of the molecule is CCc1ccc(-c2ccc(O)c(CC)c2)cc1. The van der Waals surface area contributed by atoms with Gasteiger partial charge in [-0.3, -0.25) is 0 Å². The van der Waals surface area contributed by atoms with Gasteiger partial charge in [-0.05, 0) is 47.2 Å². The summed E-state index contributed by atoms with van der Waals surface area (Å²) in [5.41, 5.74) is 4.73. The average Bonchev–Trinajstić information content (AvgIpc) is 2.39. The van der Waals surface area contributed by atoms with E-state index in [-0.39, 0.29) is 0 Å². The highest BCUT2D eigenvalue weighted by atomic mass is 16.3. The lowest BCUT2D eigenvalue weighted by Gasteiger charge is -2.07. The first-order chi connectivity index (χ1) is 8.24. The maximum atomic E-state index is 9.66. The van der Waals surface area contributed by atoms with Crippen molar-refractivity contribution < 1.29 is 5.11 Å². The second kappa shape index (κ2) is 5.05. The van der Waals surface area contributed by atoms with Gasteiger partial charge in [-0.25, -0.2) is 0 Å². The van der Waals surface area contributed by atoms with Crippen LogP contribution in [-0.2, 0) is 12.8 Å². The number of aromatic hydroxyl groups is 1. The van der Waals surface area contributed by atoms with Crippen LogP contribution in [-0.4, -0.2) is 5.11 Å². The van der Waals surface area contributed by atoms with Crippen LogP contribution in [0.25, 0.3) is 11.1 Å². The topological polar surface area (TPSA) is 20.2 Å². The predicted molar refractivity (Wildman–Crippen MR) is 72.3 cm³/mol. The Hall–Kier alpha value is -1.76. The molecule has 0 bridgehead atoms. The van der Waals surface area contributed by atoms with E-state index in [1.807, 2.05) is 6.07 Å². The number of hydrogen-bond acceptors (Lipinski definition) is 1. The van der Waals surface area contributed by atoms with Crippen LogP contribution in [0.15, 0.2) is 42.5 Å². The molecule has 0 aliphatic carbocycles. The lowest BCUT2D eigenvalue weighted by Crippen LogP contribution is -1.85. The van der Waals surface area contributed by atoms with Crippen molar-refractivity contribution in [2.24, 2.45) is 0 Å². The molecule has 17 heavy (non-hydrogen) atoms.